The summed E-state index contributed by atoms with van der Waals surface area (Å²) >= 11 is 0. The Labute approximate surface area is 78.8 Å². The predicted molar refractivity (Wildman–Crippen MR) is 52.7 cm³/mol. The Balaban J connectivity index is 2.30. The Kier molecular flexibility index (Phi) is 3.89. The molecule has 1 atom stereocenters. The molecule has 0 saturated carbocycles. The predicted octanol–water partition coefficient (Wildman–Crippen LogP) is 2.61. The summed E-state index contributed by atoms with van der Waals surface area (Å²) in [5, 5.41) is 0. The summed E-state index contributed by atoms with van der Waals surface area (Å²) < 4.78 is 10.5. The van der Waals surface area contributed by atoms with Crippen LogP contribution in [0.4, 0.5) is 0 Å². The number of rotatable bonds is 5. The van der Waals surface area contributed by atoms with Crippen molar-refractivity contribution in [3.8, 4) is 5.75 Å². The maximum atomic E-state index is 5.45. The maximum Gasteiger partial charge on any atom is 0.129 e. The Morgan fingerprint density at radius 1 is 1.38 bits per heavy atom. The molecule has 0 aliphatic rings. The van der Waals surface area contributed by atoms with Gasteiger partial charge in [0.2, 0.25) is 0 Å². The summed E-state index contributed by atoms with van der Waals surface area (Å²) in [6.07, 6.45) is 1.47. The highest BCUT2D eigenvalue weighted by molar-refractivity contribution is 5.20. The lowest BCUT2D eigenvalue weighted by Gasteiger charge is -2.12. The largest absolute Gasteiger partial charge is 0.495 e. The van der Waals surface area contributed by atoms with Crippen molar-refractivity contribution in [2.75, 3.05) is 6.61 Å². The van der Waals surface area contributed by atoms with Gasteiger partial charge in [-0.3, -0.25) is 0 Å². The summed E-state index contributed by atoms with van der Waals surface area (Å²) in [5.41, 5.74) is 0. The molecule has 0 saturated heterocycles. The third-order valence-electron chi connectivity index (χ3n) is 1.56. The van der Waals surface area contributed by atoms with Crippen molar-refractivity contribution >= 4 is 0 Å². The van der Waals surface area contributed by atoms with Gasteiger partial charge in [0.25, 0.3) is 0 Å². The lowest BCUT2D eigenvalue weighted by molar-refractivity contribution is 0.103. The van der Waals surface area contributed by atoms with Gasteiger partial charge < -0.3 is 9.47 Å². The lowest BCUT2D eigenvalue weighted by Crippen LogP contribution is -2.15. The SMILES string of the molecule is C=COC(C)COc1ccccc1. The maximum absolute atomic E-state index is 5.45. The average molecular weight is 178 g/mol. The van der Waals surface area contributed by atoms with Crippen molar-refractivity contribution in [3.63, 3.8) is 0 Å². The third-order valence-corrected chi connectivity index (χ3v) is 1.56. The Morgan fingerprint density at radius 2 is 2.08 bits per heavy atom. The first-order valence-electron chi connectivity index (χ1n) is 4.27. The molecule has 0 aliphatic heterocycles. The topological polar surface area (TPSA) is 18.5 Å². The smallest absolute Gasteiger partial charge is 0.129 e. The molecule has 70 valence electrons. The van der Waals surface area contributed by atoms with Crippen LogP contribution in [0.1, 0.15) is 6.92 Å². The van der Waals surface area contributed by atoms with Gasteiger partial charge in [-0.25, -0.2) is 0 Å². The van der Waals surface area contributed by atoms with Gasteiger partial charge in [0.05, 0.1) is 6.26 Å². The van der Waals surface area contributed by atoms with E-state index in [1.807, 2.05) is 37.3 Å². The molecular weight excluding hydrogens is 164 g/mol. The molecule has 2 nitrogen and oxygen atoms in total. The molecular formula is C11H14O2. The van der Waals surface area contributed by atoms with Crippen LogP contribution in [0, 0.1) is 0 Å². The molecule has 0 aromatic heterocycles. The van der Waals surface area contributed by atoms with Gasteiger partial charge in [-0.1, -0.05) is 24.8 Å². The molecule has 1 aromatic rings. The van der Waals surface area contributed by atoms with Crippen molar-refractivity contribution in [2.24, 2.45) is 0 Å². The summed E-state index contributed by atoms with van der Waals surface area (Å²) in [5.74, 6) is 0.863. The van der Waals surface area contributed by atoms with E-state index < -0.39 is 0 Å². The summed E-state index contributed by atoms with van der Waals surface area (Å²) in [6.45, 7) is 5.95. The van der Waals surface area contributed by atoms with E-state index in [-0.39, 0.29) is 6.10 Å². The second-order valence-corrected chi connectivity index (χ2v) is 2.74. The first kappa shape index (κ1) is 9.65. The van der Waals surface area contributed by atoms with Crippen LogP contribution in [-0.4, -0.2) is 12.7 Å². The second-order valence-electron chi connectivity index (χ2n) is 2.74. The molecule has 0 N–H and O–H groups in total. The van der Waals surface area contributed by atoms with Gasteiger partial charge in [-0.15, -0.1) is 0 Å². The van der Waals surface area contributed by atoms with Gasteiger partial charge in [-0.2, -0.15) is 0 Å². The number of benzene rings is 1. The van der Waals surface area contributed by atoms with E-state index in [0.717, 1.165) is 5.75 Å². The molecule has 0 bridgehead atoms. The van der Waals surface area contributed by atoms with E-state index in [0.29, 0.717) is 6.61 Å². The van der Waals surface area contributed by atoms with Gasteiger partial charge in [0.1, 0.15) is 18.5 Å². The quantitative estimate of drug-likeness (QED) is 0.645. The molecule has 1 aromatic carbocycles. The van der Waals surface area contributed by atoms with Crippen molar-refractivity contribution in [1.82, 2.24) is 0 Å². The van der Waals surface area contributed by atoms with E-state index >= 15 is 0 Å². The fourth-order valence-corrected chi connectivity index (χ4v) is 0.934. The zero-order valence-electron chi connectivity index (χ0n) is 7.77. The van der Waals surface area contributed by atoms with E-state index in [4.69, 9.17) is 9.47 Å². The van der Waals surface area contributed by atoms with Gasteiger partial charge in [-0.05, 0) is 19.1 Å². The minimum absolute atomic E-state index is 0.0395. The normalized spacial score (nSPS) is 11.8. The summed E-state index contributed by atoms with van der Waals surface area (Å²) in [7, 11) is 0. The first-order valence-corrected chi connectivity index (χ1v) is 4.27. The number of para-hydroxylation sites is 1. The fourth-order valence-electron chi connectivity index (χ4n) is 0.934. The van der Waals surface area contributed by atoms with E-state index in [1.54, 1.807) is 0 Å². The van der Waals surface area contributed by atoms with Crippen LogP contribution in [0.3, 0.4) is 0 Å². The number of hydrogen-bond donors (Lipinski definition) is 0. The third kappa shape index (κ3) is 3.65. The molecule has 0 radical (unpaired) electrons. The average Bonchev–Trinajstić information content (AvgIpc) is 2.17. The van der Waals surface area contributed by atoms with Crippen molar-refractivity contribution < 1.29 is 9.47 Å². The summed E-state index contributed by atoms with van der Waals surface area (Å²) in [4.78, 5) is 0. The van der Waals surface area contributed by atoms with Gasteiger partial charge in [0.15, 0.2) is 0 Å². The zero-order valence-corrected chi connectivity index (χ0v) is 7.77. The highest BCUT2D eigenvalue weighted by Gasteiger charge is 2.00. The number of ether oxygens (including phenoxy) is 2. The van der Waals surface area contributed by atoms with Gasteiger partial charge in [0, 0.05) is 0 Å². The molecule has 1 rings (SSSR count). The molecule has 0 fully saturated rings. The first-order chi connectivity index (χ1) is 6.33. The van der Waals surface area contributed by atoms with E-state index in [1.165, 1.54) is 6.26 Å². The van der Waals surface area contributed by atoms with E-state index in [9.17, 15) is 0 Å². The summed E-state index contributed by atoms with van der Waals surface area (Å²) in [6, 6.07) is 9.67. The van der Waals surface area contributed by atoms with Crippen LogP contribution < -0.4 is 4.74 Å². The monoisotopic (exact) mass is 178 g/mol. The molecule has 0 heterocycles. The molecule has 0 spiro atoms. The molecule has 13 heavy (non-hydrogen) atoms. The second kappa shape index (κ2) is 5.25. The standard InChI is InChI=1S/C11H14O2/c1-3-12-10(2)9-13-11-7-5-4-6-8-11/h3-8,10H,1,9H2,2H3. The Bertz CT molecular complexity index is 244. The Hall–Kier alpha value is -1.44. The highest BCUT2D eigenvalue weighted by atomic mass is 16.5. The van der Waals surface area contributed by atoms with E-state index in [2.05, 4.69) is 6.58 Å². The molecule has 0 amide bonds. The lowest BCUT2D eigenvalue weighted by atomic mass is 10.3. The Morgan fingerprint density at radius 3 is 2.69 bits per heavy atom. The molecule has 2 heteroatoms. The van der Waals surface area contributed by atoms with Crippen LogP contribution in [0.5, 0.6) is 5.75 Å². The van der Waals surface area contributed by atoms with Crippen LogP contribution >= 0.6 is 0 Å². The van der Waals surface area contributed by atoms with Crippen LogP contribution in [-0.2, 0) is 4.74 Å². The fraction of sp³-hybridized carbons (Fsp3) is 0.273. The van der Waals surface area contributed by atoms with Crippen LogP contribution in [0.2, 0.25) is 0 Å². The molecule has 1 unspecified atom stereocenters. The number of hydrogen-bond acceptors (Lipinski definition) is 2. The van der Waals surface area contributed by atoms with Crippen LogP contribution in [0.25, 0.3) is 0 Å². The van der Waals surface area contributed by atoms with Gasteiger partial charge >= 0.3 is 0 Å². The van der Waals surface area contributed by atoms with Crippen molar-refractivity contribution in [2.45, 2.75) is 13.0 Å². The van der Waals surface area contributed by atoms with Crippen molar-refractivity contribution in [1.29, 1.82) is 0 Å². The molecule has 0 aliphatic carbocycles. The highest BCUT2D eigenvalue weighted by Crippen LogP contribution is 2.08. The zero-order chi connectivity index (χ0) is 9.52. The van der Waals surface area contributed by atoms with Crippen molar-refractivity contribution in [3.05, 3.63) is 43.2 Å². The minimum atomic E-state index is 0.0395. The minimum Gasteiger partial charge on any atom is -0.495 e. The van der Waals surface area contributed by atoms with Crippen LogP contribution in [0.15, 0.2) is 43.2 Å².